The Balaban J connectivity index is 2.69. The van der Waals surface area contributed by atoms with Crippen LogP contribution in [0.5, 0.6) is 0 Å². The highest BCUT2D eigenvalue weighted by Crippen LogP contribution is 2.37. The number of aryl methyl sites for hydroxylation is 1. The highest BCUT2D eigenvalue weighted by atomic mass is 16.3. The quantitative estimate of drug-likeness (QED) is 0.406. The molecular formula is C21H35O. The van der Waals surface area contributed by atoms with E-state index in [4.69, 9.17) is 0 Å². The van der Waals surface area contributed by atoms with Gasteiger partial charge in [-0.1, -0.05) is 83.6 Å². The Morgan fingerprint density at radius 3 is 2.09 bits per heavy atom. The standard InChI is InChI=1S/C21H35O/c1-5-8-9-10-11-17-21(4,22)20(12-6-2)19-15-13-18(7-3)14-16-19/h13-16,20H,5-12,17H2,1-4H3. The van der Waals surface area contributed by atoms with Crippen molar-refractivity contribution in [2.45, 2.75) is 97.0 Å². The van der Waals surface area contributed by atoms with Gasteiger partial charge in [-0.25, -0.2) is 5.11 Å². The molecule has 1 aromatic rings. The fourth-order valence-corrected chi connectivity index (χ4v) is 3.35. The zero-order valence-electron chi connectivity index (χ0n) is 15.2. The maximum absolute atomic E-state index is 13.2. The maximum Gasteiger partial charge on any atom is 0.108 e. The van der Waals surface area contributed by atoms with E-state index in [1.165, 1.54) is 36.8 Å². The summed E-state index contributed by atoms with van der Waals surface area (Å²) in [7, 11) is 0. The van der Waals surface area contributed by atoms with Gasteiger partial charge in [0.2, 0.25) is 0 Å². The molecule has 1 aromatic carbocycles. The summed E-state index contributed by atoms with van der Waals surface area (Å²) < 4.78 is 0. The summed E-state index contributed by atoms with van der Waals surface area (Å²) in [6, 6.07) is 8.75. The SMILES string of the molecule is CCCCCCCC(C)([O])C(CCC)c1ccc(CC)cc1. The summed E-state index contributed by atoms with van der Waals surface area (Å²) in [4.78, 5) is 0. The molecular weight excluding hydrogens is 268 g/mol. The summed E-state index contributed by atoms with van der Waals surface area (Å²) in [6.07, 6.45) is 10.1. The van der Waals surface area contributed by atoms with Crippen molar-refractivity contribution < 1.29 is 5.11 Å². The number of hydrogen-bond donors (Lipinski definition) is 0. The number of hydrogen-bond acceptors (Lipinski definition) is 0. The second-order valence-corrected chi connectivity index (χ2v) is 6.91. The van der Waals surface area contributed by atoms with Crippen molar-refractivity contribution in [3.8, 4) is 0 Å². The molecule has 0 aromatic heterocycles. The van der Waals surface area contributed by atoms with Crippen molar-refractivity contribution in [1.82, 2.24) is 0 Å². The molecule has 1 nitrogen and oxygen atoms in total. The molecule has 1 radical (unpaired) electrons. The van der Waals surface area contributed by atoms with Gasteiger partial charge in [0, 0.05) is 5.92 Å². The van der Waals surface area contributed by atoms with E-state index >= 15 is 0 Å². The third kappa shape index (κ3) is 6.12. The molecule has 2 unspecified atom stereocenters. The van der Waals surface area contributed by atoms with Crippen molar-refractivity contribution in [3.05, 3.63) is 35.4 Å². The molecule has 0 spiro atoms. The first kappa shape index (κ1) is 19.2. The van der Waals surface area contributed by atoms with Crippen LogP contribution in [-0.2, 0) is 11.5 Å². The van der Waals surface area contributed by atoms with Crippen molar-refractivity contribution in [3.63, 3.8) is 0 Å². The van der Waals surface area contributed by atoms with Gasteiger partial charge in [-0.2, -0.15) is 0 Å². The molecule has 125 valence electrons. The molecule has 1 rings (SSSR count). The lowest BCUT2D eigenvalue weighted by molar-refractivity contribution is -0.0479. The molecule has 0 saturated heterocycles. The topological polar surface area (TPSA) is 19.9 Å². The summed E-state index contributed by atoms with van der Waals surface area (Å²) in [5.74, 6) is 0.148. The number of unbranched alkanes of at least 4 members (excludes halogenated alkanes) is 4. The van der Waals surface area contributed by atoms with Gasteiger partial charge < -0.3 is 0 Å². The Hall–Kier alpha value is -0.820. The van der Waals surface area contributed by atoms with Gasteiger partial charge in [-0.3, -0.25) is 0 Å². The Morgan fingerprint density at radius 1 is 0.909 bits per heavy atom. The van der Waals surface area contributed by atoms with E-state index in [0.717, 1.165) is 32.1 Å². The van der Waals surface area contributed by atoms with Crippen molar-refractivity contribution in [2.24, 2.45) is 0 Å². The second-order valence-electron chi connectivity index (χ2n) is 6.91. The monoisotopic (exact) mass is 303 g/mol. The van der Waals surface area contributed by atoms with Gasteiger partial charge in [-0.15, -0.1) is 0 Å². The highest BCUT2D eigenvalue weighted by Gasteiger charge is 2.33. The lowest BCUT2D eigenvalue weighted by atomic mass is 9.77. The normalized spacial score (nSPS) is 15.5. The average molecular weight is 304 g/mol. The molecule has 22 heavy (non-hydrogen) atoms. The fraction of sp³-hybridized carbons (Fsp3) is 0.714. The number of rotatable bonds is 11. The lowest BCUT2D eigenvalue weighted by Crippen LogP contribution is -2.31. The molecule has 0 amide bonds. The van der Waals surface area contributed by atoms with Crippen molar-refractivity contribution in [2.75, 3.05) is 0 Å². The molecule has 0 saturated carbocycles. The molecule has 0 N–H and O–H groups in total. The minimum atomic E-state index is -0.837. The van der Waals surface area contributed by atoms with Gasteiger partial charge >= 0.3 is 0 Å². The molecule has 0 bridgehead atoms. The molecule has 0 aliphatic rings. The summed E-state index contributed by atoms with van der Waals surface area (Å²) in [5, 5.41) is 13.2. The lowest BCUT2D eigenvalue weighted by Gasteiger charge is -2.31. The Labute approximate surface area is 138 Å². The average Bonchev–Trinajstić information content (AvgIpc) is 2.52. The van der Waals surface area contributed by atoms with Crippen LogP contribution in [0.2, 0.25) is 0 Å². The first-order chi connectivity index (χ1) is 10.5. The van der Waals surface area contributed by atoms with Gasteiger partial charge in [0.05, 0.1) is 0 Å². The Bertz CT molecular complexity index is 391. The van der Waals surface area contributed by atoms with E-state index in [0.29, 0.717) is 0 Å². The second kappa shape index (κ2) is 10.0. The first-order valence-electron chi connectivity index (χ1n) is 9.34. The zero-order chi connectivity index (χ0) is 16.4. The third-order valence-electron chi connectivity index (χ3n) is 4.88. The molecule has 0 aliphatic carbocycles. The van der Waals surface area contributed by atoms with Crippen molar-refractivity contribution >= 4 is 0 Å². The van der Waals surface area contributed by atoms with Crippen LogP contribution in [0.3, 0.4) is 0 Å². The van der Waals surface area contributed by atoms with Gasteiger partial charge in [0.15, 0.2) is 0 Å². The van der Waals surface area contributed by atoms with E-state index < -0.39 is 5.60 Å². The van der Waals surface area contributed by atoms with Crippen LogP contribution < -0.4 is 0 Å². The van der Waals surface area contributed by atoms with Crippen LogP contribution in [0.4, 0.5) is 0 Å². The van der Waals surface area contributed by atoms with Gasteiger partial charge in [0.1, 0.15) is 5.60 Å². The summed E-state index contributed by atoms with van der Waals surface area (Å²) >= 11 is 0. The van der Waals surface area contributed by atoms with E-state index in [1.54, 1.807) is 0 Å². The fourth-order valence-electron chi connectivity index (χ4n) is 3.35. The van der Waals surface area contributed by atoms with Crippen molar-refractivity contribution in [1.29, 1.82) is 0 Å². The molecule has 0 aliphatic heterocycles. The minimum Gasteiger partial charge on any atom is -0.229 e. The molecule has 0 heterocycles. The molecule has 0 fully saturated rings. The van der Waals surface area contributed by atoms with E-state index in [1.807, 2.05) is 6.92 Å². The maximum atomic E-state index is 13.2. The van der Waals surface area contributed by atoms with Crippen LogP contribution in [-0.4, -0.2) is 5.60 Å². The van der Waals surface area contributed by atoms with Gasteiger partial charge in [0.25, 0.3) is 0 Å². The van der Waals surface area contributed by atoms with Crippen LogP contribution in [0.1, 0.15) is 96.1 Å². The van der Waals surface area contributed by atoms with Crippen LogP contribution in [0, 0.1) is 0 Å². The zero-order valence-corrected chi connectivity index (χ0v) is 15.2. The smallest absolute Gasteiger partial charge is 0.108 e. The third-order valence-corrected chi connectivity index (χ3v) is 4.88. The Morgan fingerprint density at radius 2 is 1.55 bits per heavy atom. The van der Waals surface area contributed by atoms with Crippen LogP contribution in [0.15, 0.2) is 24.3 Å². The molecule has 2 atom stereocenters. The summed E-state index contributed by atoms with van der Waals surface area (Å²) in [6.45, 7) is 8.52. The van der Waals surface area contributed by atoms with E-state index in [-0.39, 0.29) is 5.92 Å². The largest absolute Gasteiger partial charge is 0.229 e. The van der Waals surface area contributed by atoms with E-state index in [9.17, 15) is 5.11 Å². The van der Waals surface area contributed by atoms with E-state index in [2.05, 4.69) is 45.0 Å². The predicted molar refractivity (Wildman–Crippen MR) is 95.9 cm³/mol. The first-order valence-corrected chi connectivity index (χ1v) is 9.34. The molecule has 1 heteroatoms. The summed E-state index contributed by atoms with van der Waals surface area (Å²) in [5.41, 5.74) is 1.76. The number of benzene rings is 1. The predicted octanol–water partition coefficient (Wildman–Crippen LogP) is 6.68. The van der Waals surface area contributed by atoms with Crippen LogP contribution >= 0.6 is 0 Å². The van der Waals surface area contributed by atoms with Crippen LogP contribution in [0.25, 0.3) is 0 Å². The minimum absolute atomic E-state index is 0.148. The van der Waals surface area contributed by atoms with Gasteiger partial charge in [-0.05, 0) is 37.3 Å². The Kier molecular flexibility index (Phi) is 8.78. The highest BCUT2D eigenvalue weighted by molar-refractivity contribution is 5.27.